The van der Waals surface area contributed by atoms with E-state index >= 15 is 0 Å². The molecule has 3 aliphatic rings. The van der Waals surface area contributed by atoms with Crippen molar-refractivity contribution < 1.29 is 24.0 Å². The number of nitrogens with one attached hydrogen (secondary N) is 4. The standard InChI is InChI=1S/C35H51N5O5/c1-5-12-28(31(41)33(43)36-18-6-2)38-32(42)30-27(22(3)4)17-19-40(30)34(44)29(25-20-23-13-10-11-14-24(23)21-25)39-35(45)37-26-15-8-7-9-16-26/h6,10-11,13-14,22,25-30H,2,5,7-9,12,15-21H2,1,3-4H3,(H,36,43)(H,38,42)(H2,37,39,45)/t27?,28?,29-,30?/m0/s1. The molecule has 10 heteroatoms. The lowest BCUT2D eigenvalue weighted by atomic mass is 9.87. The zero-order chi connectivity index (χ0) is 32.5. The molecule has 4 rings (SSSR count). The smallest absolute Gasteiger partial charge is 0.315 e. The molecule has 5 amide bonds. The molecule has 1 aliphatic heterocycles. The van der Waals surface area contributed by atoms with Crippen LogP contribution in [-0.2, 0) is 32.0 Å². The molecule has 1 heterocycles. The van der Waals surface area contributed by atoms with Crippen LogP contribution < -0.4 is 21.3 Å². The van der Waals surface area contributed by atoms with E-state index in [9.17, 15) is 24.0 Å². The average molecular weight is 622 g/mol. The molecule has 1 aromatic carbocycles. The quantitative estimate of drug-likeness (QED) is 0.198. The van der Waals surface area contributed by atoms with E-state index in [0.29, 0.717) is 38.6 Å². The predicted molar refractivity (Wildman–Crippen MR) is 173 cm³/mol. The van der Waals surface area contributed by atoms with Crippen LogP contribution in [-0.4, -0.2) is 71.7 Å². The number of carbonyl (C=O) groups is 5. The number of ketones is 1. The fraction of sp³-hybridized carbons (Fsp3) is 0.629. The number of carbonyl (C=O) groups excluding carboxylic acids is 5. The van der Waals surface area contributed by atoms with Crippen LogP contribution >= 0.6 is 0 Å². The minimum Gasteiger partial charge on any atom is -0.346 e. The molecule has 2 fully saturated rings. The molecule has 1 saturated heterocycles. The van der Waals surface area contributed by atoms with Gasteiger partial charge < -0.3 is 26.2 Å². The molecule has 0 spiro atoms. The Bertz CT molecular complexity index is 1220. The van der Waals surface area contributed by atoms with Crippen LogP contribution in [0.15, 0.2) is 36.9 Å². The second kappa shape index (κ2) is 16.0. The molecule has 10 nitrogen and oxygen atoms in total. The van der Waals surface area contributed by atoms with Crippen LogP contribution in [0.3, 0.4) is 0 Å². The van der Waals surface area contributed by atoms with E-state index in [1.165, 1.54) is 23.6 Å². The molecule has 2 aliphatic carbocycles. The Kier molecular flexibility index (Phi) is 12.2. The molecule has 4 N–H and O–H groups in total. The van der Waals surface area contributed by atoms with Crippen LogP contribution in [0.4, 0.5) is 4.79 Å². The highest BCUT2D eigenvalue weighted by Gasteiger charge is 2.47. The van der Waals surface area contributed by atoms with Crippen molar-refractivity contribution in [3.05, 3.63) is 48.0 Å². The second-order valence-electron chi connectivity index (χ2n) is 13.3. The Labute approximate surface area is 267 Å². The molecule has 246 valence electrons. The number of urea groups is 1. The van der Waals surface area contributed by atoms with Gasteiger partial charge in [0.15, 0.2) is 0 Å². The summed E-state index contributed by atoms with van der Waals surface area (Å²) in [5.74, 6) is -2.42. The van der Waals surface area contributed by atoms with Gasteiger partial charge in [0, 0.05) is 19.1 Å². The van der Waals surface area contributed by atoms with Crippen molar-refractivity contribution in [2.75, 3.05) is 13.1 Å². The lowest BCUT2D eigenvalue weighted by Gasteiger charge is -2.34. The first-order valence-corrected chi connectivity index (χ1v) is 16.8. The third-order valence-corrected chi connectivity index (χ3v) is 9.74. The average Bonchev–Trinajstić information content (AvgIpc) is 3.67. The van der Waals surface area contributed by atoms with Gasteiger partial charge in [-0.05, 0) is 67.4 Å². The largest absolute Gasteiger partial charge is 0.346 e. The molecular weight excluding hydrogens is 570 g/mol. The van der Waals surface area contributed by atoms with Gasteiger partial charge in [-0.2, -0.15) is 0 Å². The molecule has 1 aromatic rings. The summed E-state index contributed by atoms with van der Waals surface area (Å²) in [6.45, 7) is 10.0. The number of Topliss-reactive ketones (excluding diaryl/α,β-unsaturated/α-hetero) is 1. The van der Waals surface area contributed by atoms with Gasteiger partial charge in [0.25, 0.3) is 5.91 Å². The third kappa shape index (κ3) is 8.52. The molecule has 1 saturated carbocycles. The van der Waals surface area contributed by atoms with Crippen molar-refractivity contribution in [3.8, 4) is 0 Å². The number of amides is 5. The number of likely N-dealkylation sites (tertiary alicyclic amines) is 1. The van der Waals surface area contributed by atoms with E-state index in [1.54, 1.807) is 4.90 Å². The van der Waals surface area contributed by atoms with Crippen LogP contribution in [0, 0.1) is 17.8 Å². The SMILES string of the molecule is C=CCNC(=O)C(=O)C(CCC)NC(=O)C1C(C(C)C)CCN1C(=O)[C@@H](NC(=O)NC1CCCCC1)C1Cc2ccccc2C1. The summed E-state index contributed by atoms with van der Waals surface area (Å²) in [5.41, 5.74) is 2.34. The van der Waals surface area contributed by atoms with E-state index in [0.717, 1.165) is 25.7 Å². The lowest BCUT2D eigenvalue weighted by Crippen LogP contribution is -2.60. The van der Waals surface area contributed by atoms with E-state index in [1.807, 2.05) is 32.9 Å². The van der Waals surface area contributed by atoms with Crippen LogP contribution in [0.1, 0.15) is 83.3 Å². The normalized spacial score (nSPS) is 21.5. The first-order chi connectivity index (χ1) is 21.6. The topological polar surface area (TPSA) is 137 Å². The summed E-state index contributed by atoms with van der Waals surface area (Å²) in [6, 6.07) is 5.19. The Balaban J connectivity index is 1.57. The summed E-state index contributed by atoms with van der Waals surface area (Å²) >= 11 is 0. The number of fused-ring (bicyclic) bond motifs is 1. The second-order valence-corrected chi connectivity index (χ2v) is 13.3. The van der Waals surface area contributed by atoms with E-state index in [-0.39, 0.29) is 42.3 Å². The zero-order valence-corrected chi connectivity index (χ0v) is 27.1. The summed E-state index contributed by atoms with van der Waals surface area (Å²) in [6.07, 6.45) is 9.46. The van der Waals surface area contributed by atoms with Crippen molar-refractivity contribution >= 4 is 29.5 Å². The molecular formula is C35H51N5O5. The Morgan fingerprint density at radius 1 is 0.978 bits per heavy atom. The number of benzene rings is 1. The van der Waals surface area contributed by atoms with Crippen molar-refractivity contribution in [1.29, 1.82) is 0 Å². The van der Waals surface area contributed by atoms with Gasteiger partial charge in [0.1, 0.15) is 12.1 Å². The first kappa shape index (κ1) is 34.2. The fourth-order valence-corrected chi connectivity index (χ4v) is 7.33. The Morgan fingerprint density at radius 2 is 1.64 bits per heavy atom. The first-order valence-electron chi connectivity index (χ1n) is 16.8. The van der Waals surface area contributed by atoms with Gasteiger partial charge in [-0.1, -0.05) is 76.8 Å². The number of hydrogen-bond donors (Lipinski definition) is 4. The van der Waals surface area contributed by atoms with Gasteiger partial charge in [0.05, 0.1) is 6.04 Å². The van der Waals surface area contributed by atoms with Crippen molar-refractivity contribution in [2.24, 2.45) is 17.8 Å². The maximum Gasteiger partial charge on any atom is 0.315 e. The maximum atomic E-state index is 14.5. The summed E-state index contributed by atoms with van der Waals surface area (Å²) < 4.78 is 0. The molecule has 0 aromatic heterocycles. The molecule has 45 heavy (non-hydrogen) atoms. The number of rotatable bonds is 13. The molecule has 4 atom stereocenters. The lowest BCUT2D eigenvalue weighted by molar-refractivity contribution is -0.144. The highest BCUT2D eigenvalue weighted by Crippen LogP contribution is 2.34. The van der Waals surface area contributed by atoms with E-state index < -0.39 is 35.7 Å². The van der Waals surface area contributed by atoms with Crippen molar-refractivity contribution in [3.63, 3.8) is 0 Å². The highest BCUT2D eigenvalue weighted by atomic mass is 16.2. The minimum absolute atomic E-state index is 0.0858. The fourth-order valence-electron chi connectivity index (χ4n) is 7.33. The van der Waals surface area contributed by atoms with Crippen LogP contribution in [0.2, 0.25) is 0 Å². The summed E-state index contributed by atoms with van der Waals surface area (Å²) in [4.78, 5) is 68.9. The molecule has 3 unspecified atom stereocenters. The third-order valence-electron chi connectivity index (χ3n) is 9.74. The van der Waals surface area contributed by atoms with Gasteiger partial charge in [-0.3, -0.25) is 19.2 Å². The van der Waals surface area contributed by atoms with Crippen molar-refractivity contribution in [1.82, 2.24) is 26.2 Å². The van der Waals surface area contributed by atoms with Gasteiger partial charge in [-0.25, -0.2) is 4.79 Å². The van der Waals surface area contributed by atoms with Crippen LogP contribution in [0.5, 0.6) is 0 Å². The maximum absolute atomic E-state index is 14.5. The highest BCUT2D eigenvalue weighted by molar-refractivity contribution is 6.38. The molecule has 0 bridgehead atoms. The Morgan fingerprint density at radius 3 is 2.24 bits per heavy atom. The van der Waals surface area contributed by atoms with E-state index in [2.05, 4.69) is 40.0 Å². The van der Waals surface area contributed by atoms with Gasteiger partial charge in [0.2, 0.25) is 17.6 Å². The van der Waals surface area contributed by atoms with Crippen molar-refractivity contribution in [2.45, 2.75) is 109 Å². The van der Waals surface area contributed by atoms with Gasteiger partial charge >= 0.3 is 6.03 Å². The zero-order valence-electron chi connectivity index (χ0n) is 27.1. The predicted octanol–water partition coefficient (Wildman–Crippen LogP) is 3.43. The van der Waals surface area contributed by atoms with Gasteiger partial charge in [-0.15, -0.1) is 6.58 Å². The number of hydrogen-bond acceptors (Lipinski definition) is 5. The molecule has 0 radical (unpaired) electrons. The Hall–Kier alpha value is -3.69. The van der Waals surface area contributed by atoms with E-state index in [4.69, 9.17) is 0 Å². The summed E-state index contributed by atoms with van der Waals surface area (Å²) in [5, 5.41) is 11.5. The summed E-state index contributed by atoms with van der Waals surface area (Å²) in [7, 11) is 0. The monoisotopic (exact) mass is 621 g/mol. The minimum atomic E-state index is -1.00. The van der Waals surface area contributed by atoms with Crippen LogP contribution in [0.25, 0.3) is 0 Å². The number of nitrogens with zero attached hydrogens (tertiary/aromatic N) is 1.